The standard InChI is InChI=1S/C34H44FN3OS/c1-24(28-14-17-33(36-22-28)34(2,3)4)38-19-18-27-21-30(15-13-29(27)23-38)40(39)37-32-16-12-26(20-31(32)35)11-7-10-25-8-5-6-9-25/h12-17,20-22,24-25,37H,5-11,18-19,23H2,1-4H3. The van der Waals surface area contributed by atoms with Gasteiger partial charge in [-0.15, -0.1) is 0 Å². The van der Waals surface area contributed by atoms with Crippen LogP contribution < -0.4 is 4.72 Å². The van der Waals surface area contributed by atoms with Crippen molar-refractivity contribution < 1.29 is 8.94 Å². The number of rotatable bonds is 9. The fourth-order valence-corrected chi connectivity index (χ4v) is 7.08. The van der Waals surface area contributed by atoms with Crippen LogP contribution in [0.4, 0.5) is 10.1 Å². The van der Waals surface area contributed by atoms with Gasteiger partial charge in [-0.1, -0.05) is 71.1 Å². The summed E-state index contributed by atoms with van der Waals surface area (Å²) in [6.45, 7) is 10.6. The lowest BCUT2D eigenvalue weighted by Gasteiger charge is -2.34. The van der Waals surface area contributed by atoms with Crippen molar-refractivity contribution in [1.82, 2.24) is 9.88 Å². The van der Waals surface area contributed by atoms with Crippen LogP contribution >= 0.6 is 0 Å². The van der Waals surface area contributed by atoms with Crippen LogP contribution in [-0.2, 0) is 36.2 Å². The zero-order valence-corrected chi connectivity index (χ0v) is 25.3. The van der Waals surface area contributed by atoms with Crippen LogP contribution in [-0.4, -0.2) is 21.0 Å². The van der Waals surface area contributed by atoms with E-state index < -0.39 is 11.4 Å². The molecule has 214 valence electrons. The number of benzene rings is 2. The van der Waals surface area contributed by atoms with Gasteiger partial charge in [0.05, 0.1) is 0 Å². The summed E-state index contributed by atoms with van der Waals surface area (Å²) in [7, 11) is 0. The first-order valence-electron chi connectivity index (χ1n) is 15.0. The number of hydrogen-bond acceptors (Lipinski definition) is 4. The van der Waals surface area contributed by atoms with Crippen molar-refractivity contribution in [2.75, 3.05) is 11.3 Å². The highest BCUT2D eigenvalue weighted by atomic mass is 32.2. The summed E-state index contributed by atoms with van der Waals surface area (Å²) in [4.78, 5) is 7.87. The maximum atomic E-state index is 14.9. The van der Waals surface area contributed by atoms with Crippen LogP contribution in [0, 0.1) is 11.7 Å². The van der Waals surface area contributed by atoms with Crippen LogP contribution in [0.25, 0.3) is 0 Å². The molecule has 2 heterocycles. The van der Waals surface area contributed by atoms with E-state index in [1.165, 1.54) is 48.8 Å². The van der Waals surface area contributed by atoms with Crippen LogP contribution in [0.3, 0.4) is 0 Å². The minimum absolute atomic E-state index is 0.0436. The normalized spacial score (nSPS) is 17.9. The highest BCUT2D eigenvalue weighted by Gasteiger charge is 2.25. The summed E-state index contributed by atoms with van der Waals surface area (Å²) in [5.41, 5.74) is 6.15. The number of aromatic nitrogens is 1. The number of pyridine rings is 1. The number of nitrogens with one attached hydrogen (secondary N) is 1. The van der Waals surface area contributed by atoms with E-state index in [0.29, 0.717) is 10.6 Å². The maximum absolute atomic E-state index is 14.9. The van der Waals surface area contributed by atoms with Crippen LogP contribution in [0.1, 0.15) is 100 Å². The zero-order valence-electron chi connectivity index (χ0n) is 24.5. The molecule has 5 rings (SSSR count). The first kappa shape index (κ1) is 29.1. The molecule has 3 aromatic rings. The Morgan fingerprint density at radius 2 is 1.88 bits per heavy atom. The van der Waals surface area contributed by atoms with Gasteiger partial charge in [0.1, 0.15) is 17.0 Å². The second kappa shape index (κ2) is 12.6. The molecule has 1 saturated carbocycles. The van der Waals surface area contributed by atoms with E-state index in [2.05, 4.69) is 55.5 Å². The third kappa shape index (κ3) is 7.07. The number of anilines is 1. The van der Waals surface area contributed by atoms with E-state index in [0.717, 1.165) is 49.5 Å². The SMILES string of the molecule is CC(c1ccc(C(C)(C)C)nc1)N1CCc2cc([S+]([O-])Nc3ccc(CCCC4CCCC4)cc3F)ccc2C1. The average Bonchev–Trinajstić information content (AvgIpc) is 3.46. The van der Waals surface area contributed by atoms with Crippen molar-refractivity contribution in [3.8, 4) is 0 Å². The van der Waals surface area contributed by atoms with Gasteiger partial charge in [-0.2, -0.15) is 0 Å². The molecule has 2 aliphatic rings. The summed E-state index contributed by atoms with van der Waals surface area (Å²) in [5, 5.41) is 0. The molecule has 0 bridgehead atoms. The Morgan fingerprint density at radius 1 is 1.07 bits per heavy atom. The molecular weight excluding hydrogens is 517 g/mol. The van der Waals surface area contributed by atoms with Crippen molar-refractivity contribution in [3.63, 3.8) is 0 Å². The summed E-state index contributed by atoms with van der Waals surface area (Å²) >= 11 is -1.53. The molecule has 1 N–H and O–H groups in total. The van der Waals surface area contributed by atoms with E-state index in [1.54, 1.807) is 12.1 Å². The van der Waals surface area contributed by atoms with Gasteiger partial charge in [0.25, 0.3) is 0 Å². The van der Waals surface area contributed by atoms with Crippen molar-refractivity contribution in [1.29, 1.82) is 0 Å². The molecule has 1 aliphatic heterocycles. The van der Waals surface area contributed by atoms with Gasteiger partial charge < -0.3 is 4.55 Å². The minimum Gasteiger partial charge on any atom is -0.588 e. The molecular formula is C34H44FN3OS. The molecule has 40 heavy (non-hydrogen) atoms. The van der Waals surface area contributed by atoms with Gasteiger partial charge in [-0.25, -0.2) is 9.11 Å². The second-order valence-electron chi connectivity index (χ2n) is 12.8. The lowest BCUT2D eigenvalue weighted by Crippen LogP contribution is -2.33. The highest BCUT2D eigenvalue weighted by Crippen LogP contribution is 2.31. The molecule has 6 heteroatoms. The lowest BCUT2D eigenvalue weighted by atomic mass is 9.91. The first-order valence-corrected chi connectivity index (χ1v) is 16.1. The van der Waals surface area contributed by atoms with E-state index in [9.17, 15) is 8.94 Å². The van der Waals surface area contributed by atoms with E-state index in [4.69, 9.17) is 4.98 Å². The molecule has 0 spiro atoms. The lowest BCUT2D eigenvalue weighted by molar-refractivity contribution is 0.191. The Bertz CT molecular complexity index is 1280. The Morgan fingerprint density at radius 3 is 2.58 bits per heavy atom. The van der Waals surface area contributed by atoms with Crippen molar-refractivity contribution in [2.45, 2.75) is 102 Å². The fourth-order valence-electron chi connectivity index (χ4n) is 6.15. The number of halogens is 1. The smallest absolute Gasteiger partial charge is 0.180 e. The van der Waals surface area contributed by atoms with Crippen molar-refractivity contribution in [3.05, 3.63) is 88.5 Å². The molecule has 0 amide bonds. The number of aryl methyl sites for hydroxylation is 1. The van der Waals surface area contributed by atoms with E-state index in [-0.39, 0.29) is 17.3 Å². The van der Waals surface area contributed by atoms with Crippen LogP contribution in [0.2, 0.25) is 0 Å². The Hall–Kier alpha value is -2.41. The molecule has 1 aliphatic carbocycles. The summed E-state index contributed by atoms with van der Waals surface area (Å²) in [5.74, 6) is 0.527. The van der Waals surface area contributed by atoms with Gasteiger partial charge in [0.2, 0.25) is 0 Å². The van der Waals surface area contributed by atoms with Gasteiger partial charge in [0, 0.05) is 36.4 Å². The Balaban J connectivity index is 1.17. The van der Waals surface area contributed by atoms with Gasteiger partial charge in [0.15, 0.2) is 10.7 Å². The monoisotopic (exact) mass is 561 g/mol. The number of nitrogens with zero attached hydrogens (tertiary/aromatic N) is 2. The fraction of sp³-hybridized carbons (Fsp3) is 0.500. The third-order valence-electron chi connectivity index (χ3n) is 8.81. The number of fused-ring (bicyclic) bond motifs is 1. The predicted octanol–water partition coefficient (Wildman–Crippen LogP) is 8.29. The largest absolute Gasteiger partial charge is 0.588 e. The highest BCUT2D eigenvalue weighted by molar-refractivity contribution is 7.92. The van der Waals surface area contributed by atoms with E-state index >= 15 is 0 Å². The zero-order chi connectivity index (χ0) is 28.3. The van der Waals surface area contributed by atoms with Gasteiger partial charge in [-0.05, 0) is 84.7 Å². The van der Waals surface area contributed by atoms with Crippen LogP contribution in [0.5, 0.6) is 0 Å². The van der Waals surface area contributed by atoms with Gasteiger partial charge >= 0.3 is 0 Å². The number of hydrogen-bond donors (Lipinski definition) is 1. The average molecular weight is 562 g/mol. The topological polar surface area (TPSA) is 51.2 Å². The molecule has 2 atom stereocenters. The van der Waals surface area contributed by atoms with Crippen molar-refractivity contribution in [2.24, 2.45) is 5.92 Å². The molecule has 4 nitrogen and oxygen atoms in total. The summed E-state index contributed by atoms with van der Waals surface area (Å²) in [6.07, 6.45) is 11.6. The molecule has 0 radical (unpaired) electrons. The maximum Gasteiger partial charge on any atom is 0.180 e. The third-order valence-corrected chi connectivity index (χ3v) is 9.89. The summed E-state index contributed by atoms with van der Waals surface area (Å²) < 4.78 is 30.9. The molecule has 2 unspecified atom stereocenters. The molecule has 0 saturated heterocycles. The quantitative estimate of drug-likeness (QED) is 0.267. The second-order valence-corrected chi connectivity index (χ2v) is 14.0. The Kier molecular flexibility index (Phi) is 9.18. The Labute approximate surface area is 243 Å². The van der Waals surface area contributed by atoms with Gasteiger partial charge in [-0.3, -0.25) is 9.88 Å². The molecule has 1 fully saturated rings. The first-order chi connectivity index (χ1) is 19.2. The predicted molar refractivity (Wildman–Crippen MR) is 163 cm³/mol. The van der Waals surface area contributed by atoms with Crippen molar-refractivity contribution >= 4 is 17.0 Å². The van der Waals surface area contributed by atoms with Crippen LogP contribution in [0.15, 0.2) is 59.6 Å². The molecule has 1 aromatic heterocycles. The molecule has 2 aromatic carbocycles. The van der Waals surface area contributed by atoms with E-state index in [1.807, 2.05) is 24.4 Å². The minimum atomic E-state index is -1.53. The summed E-state index contributed by atoms with van der Waals surface area (Å²) in [6, 6.07) is 15.9.